The average Bonchev–Trinajstić information content (AvgIpc) is 3.01. The van der Waals surface area contributed by atoms with Crippen LogP contribution < -0.4 is 10.4 Å². The zero-order chi connectivity index (χ0) is 16.2. The maximum absolute atomic E-state index is 6.51. The van der Waals surface area contributed by atoms with Gasteiger partial charge in [-0.3, -0.25) is 4.67 Å². The molecule has 1 saturated carbocycles. The van der Waals surface area contributed by atoms with Gasteiger partial charge in [-0.2, -0.15) is 0 Å². The quantitative estimate of drug-likeness (QED) is 0.619. The fourth-order valence-corrected chi connectivity index (χ4v) is 11.5. The summed E-state index contributed by atoms with van der Waals surface area (Å²) in [4.78, 5) is 0. The molecule has 1 spiro atoms. The minimum Gasteiger partial charge on any atom is -0.338 e. The number of hydrogen-bond acceptors (Lipinski definition) is 2. The molecule has 0 aromatic heterocycles. The van der Waals surface area contributed by atoms with Crippen molar-refractivity contribution in [2.75, 3.05) is 6.54 Å². The highest BCUT2D eigenvalue weighted by atomic mass is 31.1. The van der Waals surface area contributed by atoms with Gasteiger partial charge in [-0.05, 0) is 24.8 Å². The number of fused-ring (bicyclic) bond motifs is 2. The van der Waals surface area contributed by atoms with Crippen molar-refractivity contribution in [3.05, 3.63) is 60.7 Å². The smallest absolute Gasteiger partial charge is 0.121 e. The van der Waals surface area contributed by atoms with E-state index < -0.39 is 8.07 Å². The van der Waals surface area contributed by atoms with Gasteiger partial charge in [0.05, 0.1) is 14.6 Å². The van der Waals surface area contributed by atoms with E-state index in [1.165, 1.54) is 25.8 Å². The molecule has 0 bridgehead atoms. The summed E-state index contributed by atoms with van der Waals surface area (Å²) < 4.78 is 9.12. The largest absolute Gasteiger partial charge is 0.338 e. The van der Waals surface area contributed by atoms with E-state index in [2.05, 4.69) is 71.9 Å². The molecule has 24 heavy (non-hydrogen) atoms. The molecule has 2 aromatic carbocycles. The molecule has 3 aliphatic rings. The summed E-state index contributed by atoms with van der Waals surface area (Å²) in [5.74, 6) is 0. The fourth-order valence-electron chi connectivity index (χ4n) is 5.17. The zero-order valence-electron chi connectivity index (χ0n) is 14.1. The van der Waals surface area contributed by atoms with Gasteiger partial charge >= 0.3 is 0 Å². The molecule has 0 amide bonds. The summed E-state index contributed by atoms with van der Waals surface area (Å²) in [6, 6.07) is 23.2. The van der Waals surface area contributed by atoms with Crippen LogP contribution in [0.4, 0.5) is 0 Å². The first-order valence-electron chi connectivity index (χ1n) is 9.06. The molecule has 2 saturated heterocycles. The highest BCUT2D eigenvalue weighted by molar-refractivity contribution is 7.30. The number of nitrogens with zero attached hydrogens (tertiary/aromatic N) is 1. The highest BCUT2D eigenvalue weighted by Crippen LogP contribution is 2.69. The summed E-state index contributed by atoms with van der Waals surface area (Å²) in [5.41, 5.74) is 0.858. The molecule has 2 nitrogen and oxygen atoms in total. The van der Waals surface area contributed by atoms with Crippen LogP contribution in [0.15, 0.2) is 60.7 Å². The SMILES string of the molecule is C[Si](c1ccccc1)(c1ccccc1)[C@@H]1CC12OPN1CCC[C@H]12. The Balaban J connectivity index is 1.59. The standard InChI is InChI=1S/C20H24NOPSi/c1-24(16-9-4-2-5-10-16,17-11-6-3-7-12-17)19-15-20(19)18-13-8-14-21(18)23-22-20/h2-7,9-12,18-19,23H,8,13-15H2,1H3/t18-,19+,20?/m0/s1. The van der Waals surface area contributed by atoms with Crippen molar-refractivity contribution in [2.45, 2.75) is 43.0 Å². The molecular weight excluding hydrogens is 329 g/mol. The second-order valence-electron chi connectivity index (χ2n) is 7.69. The maximum Gasteiger partial charge on any atom is 0.121 e. The third kappa shape index (κ3) is 2.05. The Kier molecular flexibility index (Phi) is 3.50. The lowest BCUT2D eigenvalue weighted by atomic mass is 10.1. The van der Waals surface area contributed by atoms with Gasteiger partial charge in [0.15, 0.2) is 0 Å². The molecule has 4 atom stereocenters. The molecule has 0 radical (unpaired) electrons. The summed E-state index contributed by atoms with van der Waals surface area (Å²) in [6.45, 7) is 3.81. The Morgan fingerprint density at radius 1 is 1.04 bits per heavy atom. The Hall–Kier alpha value is -0.993. The van der Waals surface area contributed by atoms with Crippen LogP contribution in [0.3, 0.4) is 0 Å². The first-order chi connectivity index (χ1) is 11.7. The molecule has 2 aliphatic heterocycles. The van der Waals surface area contributed by atoms with Crippen molar-refractivity contribution < 1.29 is 4.52 Å². The number of rotatable bonds is 3. The maximum atomic E-state index is 6.51. The van der Waals surface area contributed by atoms with E-state index in [9.17, 15) is 0 Å². The van der Waals surface area contributed by atoms with Crippen molar-refractivity contribution in [1.29, 1.82) is 0 Å². The number of benzene rings is 2. The van der Waals surface area contributed by atoms with Gasteiger partial charge in [0.1, 0.15) is 8.07 Å². The van der Waals surface area contributed by atoms with Crippen LogP contribution in [-0.2, 0) is 4.52 Å². The molecule has 4 heteroatoms. The first-order valence-corrected chi connectivity index (χ1v) is 12.5. The molecule has 2 unspecified atom stereocenters. The van der Waals surface area contributed by atoms with Crippen molar-refractivity contribution >= 4 is 27.4 Å². The third-order valence-electron chi connectivity index (χ3n) is 6.57. The lowest BCUT2D eigenvalue weighted by molar-refractivity contribution is 0.187. The second-order valence-corrected chi connectivity index (χ2v) is 12.9. The molecule has 124 valence electrons. The molecule has 0 N–H and O–H groups in total. The lowest BCUT2D eigenvalue weighted by Crippen LogP contribution is -2.58. The molecular formula is C20H24NOPSi. The van der Waals surface area contributed by atoms with E-state index in [1.807, 2.05) is 0 Å². The zero-order valence-corrected chi connectivity index (χ0v) is 16.1. The van der Waals surface area contributed by atoms with Gasteiger partial charge in [-0.25, -0.2) is 0 Å². The Labute approximate surface area is 147 Å². The van der Waals surface area contributed by atoms with Crippen LogP contribution in [-0.4, -0.2) is 30.9 Å². The fraction of sp³-hybridized carbons (Fsp3) is 0.400. The average molecular weight is 353 g/mol. The number of hydrogen-bond donors (Lipinski definition) is 0. The molecule has 5 rings (SSSR count). The van der Waals surface area contributed by atoms with Crippen molar-refractivity contribution in [3.63, 3.8) is 0 Å². The third-order valence-corrected chi connectivity index (χ3v) is 13.0. The van der Waals surface area contributed by atoms with Crippen LogP contribution in [0.1, 0.15) is 19.3 Å². The molecule has 3 fully saturated rings. The van der Waals surface area contributed by atoms with Gasteiger partial charge in [0, 0.05) is 12.6 Å². The summed E-state index contributed by atoms with van der Waals surface area (Å²) in [7, 11) is -1.22. The molecule has 1 aliphatic carbocycles. The van der Waals surface area contributed by atoms with E-state index >= 15 is 0 Å². The minimum absolute atomic E-state index is 0.154. The van der Waals surface area contributed by atoms with Crippen molar-refractivity contribution in [3.8, 4) is 0 Å². The minimum atomic E-state index is -1.81. The summed E-state index contributed by atoms with van der Waals surface area (Å²) in [6.07, 6.45) is 3.94. The van der Waals surface area contributed by atoms with Gasteiger partial charge < -0.3 is 4.52 Å². The van der Waals surface area contributed by atoms with Crippen LogP contribution in [0.2, 0.25) is 12.1 Å². The van der Waals surface area contributed by atoms with Gasteiger partial charge in [0.2, 0.25) is 0 Å². The Morgan fingerprint density at radius 2 is 1.67 bits per heavy atom. The van der Waals surface area contributed by atoms with E-state index in [-0.39, 0.29) is 5.60 Å². The van der Waals surface area contributed by atoms with E-state index in [0.29, 0.717) is 20.5 Å². The first kappa shape index (κ1) is 15.3. The normalized spacial score (nSPS) is 33.2. The van der Waals surface area contributed by atoms with E-state index in [4.69, 9.17) is 4.52 Å². The molecule has 2 aromatic rings. The Morgan fingerprint density at radius 3 is 2.29 bits per heavy atom. The van der Waals surface area contributed by atoms with E-state index in [1.54, 1.807) is 10.4 Å². The van der Waals surface area contributed by atoms with Crippen LogP contribution in [0.5, 0.6) is 0 Å². The predicted octanol–water partition coefficient (Wildman–Crippen LogP) is 3.40. The predicted molar refractivity (Wildman–Crippen MR) is 104 cm³/mol. The lowest BCUT2D eigenvalue weighted by Gasteiger charge is -2.32. The highest BCUT2D eigenvalue weighted by Gasteiger charge is 2.72. The van der Waals surface area contributed by atoms with Crippen LogP contribution >= 0.6 is 8.96 Å². The molecule has 2 heterocycles. The van der Waals surface area contributed by atoms with Crippen molar-refractivity contribution in [2.24, 2.45) is 0 Å². The van der Waals surface area contributed by atoms with Crippen molar-refractivity contribution in [1.82, 2.24) is 4.67 Å². The second kappa shape index (κ2) is 5.50. The topological polar surface area (TPSA) is 12.5 Å². The summed E-state index contributed by atoms with van der Waals surface area (Å²) >= 11 is 0. The monoisotopic (exact) mass is 353 g/mol. The van der Waals surface area contributed by atoms with Gasteiger partial charge in [-0.15, -0.1) is 0 Å². The Bertz CT molecular complexity index is 700. The summed E-state index contributed by atoms with van der Waals surface area (Å²) in [5, 5.41) is 3.11. The van der Waals surface area contributed by atoms with Crippen LogP contribution in [0, 0.1) is 0 Å². The van der Waals surface area contributed by atoms with Gasteiger partial charge in [-0.1, -0.05) is 77.6 Å². The van der Waals surface area contributed by atoms with E-state index in [0.717, 1.165) is 0 Å². The van der Waals surface area contributed by atoms with Gasteiger partial charge in [0.25, 0.3) is 0 Å². The van der Waals surface area contributed by atoms with Crippen LogP contribution in [0.25, 0.3) is 0 Å².